The van der Waals surface area contributed by atoms with Crippen LogP contribution in [-0.4, -0.2) is 22.8 Å². The summed E-state index contributed by atoms with van der Waals surface area (Å²) in [4.78, 5) is 15.8. The topological polar surface area (TPSA) is 89.3 Å². The van der Waals surface area contributed by atoms with E-state index >= 15 is 0 Å². The van der Waals surface area contributed by atoms with Crippen molar-refractivity contribution >= 4 is 11.7 Å². The number of aromatic nitrogens is 2. The maximum absolute atomic E-state index is 13.2. The number of halogens is 1. The van der Waals surface area contributed by atoms with Crippen molar-refractivity contribution in [2.24, 2.45) is 0 Å². The number of aryl methyl sites for hydroxylation is 1. The molecule has 2 amide bonds. The number of hydrogen-bond donors (Lipinski definition) is 2. The van der Waals surface area contributed by atoms with Crippen LogP contribution in [-0.2, 0) is 6.54 Å². The summed E-state index contributed by atoms with van der Waals surface area (Å²) in [6, 6.07) is 3.44. The van der Waals surface area contributed by atoms with E-state index in [2.05, 4.69) is 20.8 Å². The molecule has 7 nitrogen and oxygen atoms in total. The van der Waals surface area contributed by atoms with Crippen LogP contribution in [0, 0.1) is 12.7 Å². The Bertz CT molecular complexity index is 645. The normalized spacial score (nSPS) is 10.3. The molecule has 0 saturated carbocycles. The van der Waals surface area contributed by atoms with Crippen LogP contribution in [0.25, 0.3) is 0 Å². The second-order valence-corrected chi connectivity index (χ2v) is 4.53. The zero-order valence-electron chi connectivity index (χ0n) is 12.4. The first-order chi connectivity index (χ1) is 10.6. The van der Waals surface area contributed by atoms with Crippen LogP contribution in [0.4, 0.5) is 14.9 Å². The number of carbonyl (C=O) groups excluding carboxylic acids is 1. The summed E-state index contributed by atoms with van der Waals surface area (Å²) in [6.07, 6.45) is 0.777. The molecule has 1 aromatic heterocycles. The highest BCUT2D eigenvalue weighted by molar-refractivity contribution is 5.90. The van der Waals surface area contributed by atoms with Crippen LogP contribution in [0.3, 0.4) is 0 Å². The highest BCUT2D eigenvalue weighted by atomic mass is 19.1. The Kier molecular flexibility index (Phi) is 5.29. The van der Waals surface area contributed by atoms with E-state index in [1.165, 1.54) is 18.2 Å². The molecule has 1 aromatic carbocycles. The minimum absolute atomic E-state index is 0.121. The monoisotopic (exact) mass is 308 g/mol. The maximum atomic E-state index is 13.2. The molecule has 118 valence electrons. The predicted molar refractivity (Wildman–Crippen MR) is 77.1 cm³/mol. The fourth-order valence-electron chi connectivity index (χ4n) is 1.67. The van der Waals surface area contributed by atoms with Gasteiger partial charge in [0.2, 0.25) is 5.89 Å². The van der Waals surface area contributed by atoms with E-state index in [1.807, 2.05) is 6.92 Å². The Morgan fingerprint density at radius 2 is 2.27 bits per heavy atom. The van der Waals surface area contributed by atoms with Crippen LogP contribution in [0.1, 0.15) is 25.1 Å². The number of rotatable bonds is 6. The van der Waals surface area contributed by atoms with E-state index in [0.29, 0.717) is 24.0 Å². The molecule has 8 heteroatoms. The van der Waals surface area contributed by atoms with Crippen LogP contribution in [0.2, 0.25) is 0 Å². The molecule has 0 spiro atoms. The van der Waals surface area contributed by atoms with E-state index < -0.39 is 11.8 Å². The van der Waals surface area contributed by atoms with E-state index in [0.717, 1.165) is 6.42 Å². The number of anilines is 1. The summed E-state index contributed by atoms with van der Waals surface area (Å²) in [6.45, 7) is 4.15. The first-order valence-electron chi connectivity index (χ1n) is 6.85. The van der Waals surface area contributed by atoms with E-state index in [9.17, 15) is 9.18 Å². The van der Waals surface area contributed by atoms with Crippen molar-refractivity contribution in [3.63, 3.8) is 0 Å². The van der Waals surface area contributed by atoms with Crippen molar-refractivity contribution in [2.75, 3.05) is 11.9 Å². The quantitative estimate of drug-likeness (QED) is 0.856. The molecule has 1 heterocycles. The third-order valence-corrected chi connectivity index (χ3v) is 2.63. The fourth-order valence-corrected chi connectivity index (χ4v) is 1.67. The van der Waals surface area contributed by atoms with Gasteiger partial charge in [-0.25, -0.2) is 9.18 Å². The lowest BCUT2D eigenvalue weighted by atomic mass is 10.3. The molecule has 0 aliphatic carbocycles. The molecule has 0 fully saturated rings. The van der Waals surface area contributed by atoms with Crippen LogP contribution >= 0.6 is 0 Å². The average Bonchev–Trinajstić information content (AvgIpc) is 2.91. The molecular formula is C14H17FN4O3. The number of carbonyl (C=O) groups is 1. The molecule has 22 heavy (non-hydrogen) atoms. The molecule has 0 unspecified atom stereocenters. The zero-order chi connectivity index (χ0) is 15.9. The molecule has 0 radical (unpaired) electrons. The summed E-state index contributed by atoms with van der Waals surface area (Å²) in [5, 5.41) is 8.83. The van der Waals surface area contributed by atoms with E-state index in [1.54, 1.807) is 6.92 Å². The largest absolute Gasteiger partial charge is 0.491 e. The van der Waals surface area contributed by atoms with Crippen molar-refractivity contribution in [1.29, 1.82) is 0 Å². The zero-order valence-corrected chi connectivity index (χ0v) is 12.4. The number of hydrogen-bond acceptors (Lipinski definition) is 5. The summed E-state index contributed by atoms with van der Waals surface area (Å²) in [5.74, 6) is 0.645. The van der Waals surface area contributed by atoms with Crippen LogP contribution in [0.15, 0.2) is 22.7 Å². The van der Waals surface area contributed by atoms with Gasteiger partial charge < -0.3 is 19.9 Å². The molecule has 2 rings (SSSR count). The minimum atomic E-state index is -0.476. The van der Waals surface area contributed by atoms with Crippen molar-refractivity contribution in [1.82, 2.24) is 15.5 Å². The van der Waals surface area contributed by atoms with Gasteiger partial charge in [0.1, 0.15) is 11.6 Å². The predicted octanol–water partition coefficient (Wildman–Crippen LogP) is 2.63. The van der Waals surface area contributed by atoms with Crippen LogP contribution < -0.4 is 15.4 Å². The minimum Gasteiger partial charge on any atom is -0.491 e. The lowest BCUT2D eigenvalue weighted by molar-refractivity contribution is 0.251. The fraction of sp³-hybridized carbons (Fsp3) is 0.357. The Balaban J connectivity index is 1.95. The summed E-state index contributed by atoms with van der Waals surface area (Å²) in [5.41, 5.74) is 0.386. The number of nitrogens with zero attached hydrogens (tertiary/aromatic N) is 2. The van der Waals surface area contributed by atoms with Gasteiger partial charge in [0.15, 0.2) is 5.82 Å². The van der Waals surface area contributed by atoms with Crippen molar-refractivity contribution in [2.45, 2.75) is 26.8 Å². The number of benzene rings is 1. The van der Waals surface area contributed by atoms with Crippen molar-refractivity contribution in [3.8, 4) is 5.75 Å². The number of nitrogens with one attached hydrogen (secondary N) is 2. The number of ether oxygens (including phenoxy) is 1. The summed E-state index contributed by atoms with van der Waals surface area (Å²) in [7, 11) is 0. The van der Waals surface area contributed by atoms with Gasteiger partial charge in [0.05, 0.1) is 18.8 Å². The molecule has 0 atom stereocenters. The molecule has 0 aliphatic heterocycles. The summed E-state index contributed by atoms with van der Waals surface area (Å²) < 4.78 is 23.5. The van der Waals surface area contributed by atoms with Gasteiger partial charge in [0, 0.05) is 13.0 Å². The number of urea groups is 1. The van der Waals surface area contributed by atoms with E-state index in [-0.39, 0.29) is 12.3 Å². The van der Waals surface area contributed by atoms with E-state index in [4.69, 9.17) is 9.26 Å². The summed E-state index contributed by atoms with van der Waals surface area (Å²) >= 11 is 0. The van der Waals surface area contributed by atoms with Crippen molar-refractivity contribution < 1.29 is 18.4 Å². The molecule has 0 aliphatic rings. The van der Waals surface area contributed by atoms with Gasteiger partial charge >= 0.3 is 6.03 Å². The van der Waals surface area contributed by atoms with Crippen LogP contribution in [0.5, 0.6) is 5.75 Å². The number of amides is 2. The lowest BCUT2D eigenvalue weighted by Crippen LogP contribution is -2.28. The smallest absolute Gasteiger partial charge is 0.319 e. The molecule has 0 saturated heterocycles. The maximum Gasteiger partial charge on any atom is 0.319 e. The lowest BCUT2D eigenvalue weighted by Gasteiger charge is -2.12. The highest BCUT2D eigenvalue weighted by Crippen LogP contribution is 2.25. The highest BCUT2D eigenvalue weighted by Gasteiger charge is 2.10. The van der Waals surface area contributed by atoms with Crippen molar-refractivity contribution in [3.05, 3.63) is 35.7 Å². The first kappa shape index (κ1) is 15.7. The SMILES string of the molecule is CCCOc1cc(F)ccc1NC(=O)NCc1noc(C)n1. The van der Waals surface area contributed by atoms with Gasteiger partial charge in [-0.15, -0.1) is 0 Å². The van der Waals surface area contributed by atoms with Gasteiger partial charge in [-0.1, -0.05) is 12.1 Å². The molecule has 0 bridgehead atoms. The standard InChI is InChI=1S/C14H17FN4O3/c1-3-6-21-12-7-10(15)4-5-11(12)18-14(20)16-8-13-17-9(2)22-19-13/h4-5,7H,3,6,8H2,1-2H3,(H2,16,18,20). The Labute approximate surface area is 126 Å². The third-order valence-electron chi connectivity index (χ3n) is 2.63. The van der Waals surface area contributed by atoms with Gasteiger partial charge in [-0.05, 0) is 18.6 Å². The third kappa shape index (κ3) is 4.44. The average molecular weight is 308 g/mol. The Hall–Kier alpha value is -2.64. The van der Waals surface area contributed by atoms with Gasteiger partial charge in [0.25, 0.3) is 0 Å². The molecule has 2 N–H and O–H groups in total. The Morgan fingerprint density at radius 3 is 2.95 bits per heavy atom. The molecule has 2 aromatic rings. The second-order valence-electron chi connectivity index (χ2n) is 4.53. The first-order valence-corrected chi connectivity index (χ1v) is 6.85. The molecular weight excluding hydrogens is 291 g/mol. The Morgan fingerprint density at radius 1 is 1.45 bits per heavy atom. The van der Waals surface area contributed by atoms with Gasteiger partial charge in [-0.3, -0.25) is 0 Å². The van der Waals surface area contributed by atoms with Gasteiger partial charge in [-0.2, -0.15) is 4.98 Å². The second kappa shape index (κ2) is 7.39.